The molecule has 1 unspecified atom stereocenters. The molecule has 0 aliphatic carbocycles. The maximum absolute atomic E-state index is 6.34. The highest BCUT2D eigenvalue weighted by Crippen LogP contribution is 2.22. The Labute approximate surface area is 114 Å². The number of hydrogen-bond acceptors (Lipinski definition) is 3. The molecule has 0 spiro atoms. The van der Waals surface area contributed by atoms with Crippen LogP contribution in [0.1, 0.15) is 48.4 Å². The molecule has 0 fully saturated rings. The second-order valence-electron chi connectivity index (χ2n) is 5.31. The van der Waals surface area contributed by atoms with Crippen molar-refractivity contribution < 1.29 is 0 Å². The fourth-order valence-corrected chi connectivity index (χ4v) is 2.33. The molecule has 2 aromatic rings. The van der Waals surface area contributed by atoms with Gasteiger partial charge in [-0.3, -0.25) is 0 Å². The maximum Gasteiger partial charge on any atom is 0.138 e. The van der Waals surface area contributed by atoms with Crippen molar-refractivity contribution in [2.45, 2.75) is 46.2 Å². The van der Waals surface area contributed by atoms with Crippen molar-refractivity contribution in [3.8, 4) is 0 Å². The molecule has 1 heterocycles. The van der Waals surface area contributed by atoms with Gasteiger partial charge in [0.05, 0.1) is 0 Å². The van der Waals surface area contributed by atoms with Crippen LogP contribution >= 0.6 is 0 Å². The van der Waals surface area contributed by atoms with Gasteiger partial charge in [0.15, 0.2) is 0 Å². The summed E-state index contributed by atoms with van der Waals surface area (Å²) in [6, 6.07) is 6.54. The minimum Gasteiger partial charge on any atom is -0.324 e. The fourth-order valence-electron chi connectivity index (χ4n) is 2.33. The number of rotatable bonds is 4. The van der Waals surface area contributed by atoms with Crippen LogP contribution in [0.25, 0.3) is 0 Å². The third-order valence-corrected chi connectivity index (χ3v) is 3.58. The number of aryl methyl sites for hydroxylation is 1. The van der Waals surface area contributed by atoms with Gasteiger partial charge in [-0.2, -0.15) is 5.10 Å². The lowest BCUT2D eigenvalue weighted by Crippen LogP contribution is -2.19. The van der Waals surface area contributed by atoms with Crippen LogP contribution < -0.4 is 5.73 Å². The smallest absolute Gasteiger partial charge is 0.138 e. The zero-order valence-electron chi connectivity index (χ0n) is 12.1. The second-order valence-corrected chi connectivity index (χ2v) is 5.31. The topological polar surface area (TPSA) is 56.7 Å². The Morgan fingerprint density at radius 3 is 2.68 bits per heavy atom. The Kier molecular flexibility index (Phi) is 4.00. The Morgan fingerprint density at radius 1 is 1.26 bits per heavy atom. The molecule has 102 valence electrons. The summed E-state index contributed by atoms with van der Waals surface area (Å²) in [4.78, 5) is 4.33. The van der Waals surface area contributed by atoms with E-state index < -0.39 is 0 Å². The third-order valence-electron chi connectivity index (χ3n) is 3.58. The highest BCUT2D eigenvalue weighted by atomic mass is 15.3. The average molecular weight is 258 g/mol. The molecule has 0 amide bonds. The van der Waals surface area contributed by atoms with Crippen molar-refractivity contribution in [1.29, 1.82) is 0 Å². The van der Waals surface area contributed by atoms with E-state index in [2.05, 4.69) is 56.0 Å². The summed E-state index contributed by atoms with van der Waals surface area (Å²) in [5.74, 6) is 0.948. The first-order valence-electron chi connectivity index (χ1n) is 6.70. The highest BCUT2D eigenvalue weighted by Gasteiger charge is 2.15. The molecule has 2 N–H and O–H groups in total. The van der Waals surface area contributed by atoms with E-state index in [4.69, 9.17) is 5.73 Å². The van der Waals surface area contributed by atoms with Crippen molar-refractivity contribution in [2.24, 2.45) is 5.73 Å². The van der Waals surface area contributed by atoms with E-state index in [9.17, 15) is 0 Å². The molecule has 0 saturated carbocycles. The largest absolute Gasteiger partial charge is 0.324 e. The minimum atomic E-state index is -0.0402. The Hall–Kier alpha value is -1.68. The van der Waals surface area contributed by atoms with Crippen LogP contribution in [-0.4, -0.2) is 14.8 Å². The molecular weight excluding hydrogens is 236 g/mol. The molecular formula is C15H22N4. The normalized spacial score (nSPS) is 12.9. The van der Waals surface area contributed by atoms with Gasteiger partial charge in [-0.25, -0.2) is 9.67 Å². The molecule has 19 heavy (non-hydrogen) atoms. The number of benzene rings is 1. The van der Waals surface area contributed by atoms with Gasteiger partial charge in [-0.05, 0) is 44.4 Å². The molecule has 1 aromatic carbocycles. The molecule has 0 radical (unpaired) electrons. The van der Waals surface area contributed by atoms with E-state index in [1.165, 1.54) is 16.7 Å². The number of nitrogens with two attached hydrogens (primary N) is 1. The molecule has 2 rings (SSSR count). The van der Waals surface area contributed by atoms with Gasteiger partial charge < -0.3 is 5.73 Å². The highest BCUT2D eigenvalue weighted by molar-refractivity contribution is 5.35. The van der Waals surface area contributed by atoms with Crippen LogP contribution in [0.4, 0.5) is 0 Å². The van der Waals surface area contributed by atoms with Crippen molar-refractivity contribution in [3.05, 3.63) is 47.0 Å². The maximum atomic E-state index is 6.34. The van der Waals surface area contributed by atoms with Crippen LogP contribution in [0.3, 0.4) is 0 Å². The lowest BCUT2D eigenvalue weighted by atomic mass is 9.96. The van der Waals surface area contributed by atoms with Crippen molar-refractivity contribution in [3.63, 3.8) is 0 Å². The predicted octanol–water partition coefficient (Wildman–Crippen LogP) is 2.72. The molecule has 4 heteroatoms. The van der Waals surface area contributed by atoms with Gasteiger partial charge in [0.2, 0.25) is 0 Å². The summed E-state index contributed by atoms with van der Waals surface area (Å²) < 4.78 is 1.94. The first-order chi connectivity index (χ1) is 9.00. The molecule has 1 aromatic heterocycles. The molecule has 0 saturated heterocycles. The average Bonchev–Trinajstić information content (AvgIpc) is 2.80. The van der Waals surface area contributed by atoms with E-state index in [1.807, 2.05) is 4.68 Å². The van der Waals surface area contributed by atoms with Crippen LogP contribution in [-0.2, 0) is 6.42 Å². The van der Waals surface area contributed by atoms with Crippen LogP contribution in [0, 0.1) is 13.8 Å². The summed E-state index contributed by atoms with van der Waals surface area (Å²) in [6.07, 6.45) is 2.31. The molecule has 0 bridgehead atoms. The first-order valence-corrected chi connectivity index (χ1v) is 6.70. The van der Waals surface area contributed by atoms with Crippen molar-refractivity contribution in [1.82, 2.24) is 14.8 Å². The number of nitrogens with zero attached hydrogens (tertiary/aromatic N) is 3. The van der Waals surface area contributed by atoms with Gasteiger partial charge in [-0.1, -0.05) is 18.2 Å². The zero-order valence-corrected chi connectivity index (χ0v) is 12.1. The van der Waals surface area contributed by atoms with Crippen LogP contribution in [0.5, 0.6) is 0 Å². The van der Waals surface area contributed by atoms with E-state index in [0.717, 1.165) is 5.82 Å². The summed E-state index contributed by atoms with van der Waals surface area (Å²) >= 11 is 0. The zero-order chi connectivity index (χ0) is 14.0. The first kappa shape index (κ1) is 13.7. The van der Waals surface area contributed by atoms with Gasteiger partial charge >= 0.3 is 0 Å². The van der Waals surface area contributed by atoms with E-state index in [-0.39, 0.29) is 6.04 Å². The molecule has 0 aliphatic heterocycles. The predicted molar refractivity (Wildman–Crippen MR) is 77.0 cm³/mol. The van der Waals surface area contributed by atoms with Crippen molar-refractivity contribution >= 4 is 0 Å². The van der Waals surface area contributed by atoms with Gasteiger partial charge in [0.1, 0.15) is 12.2 Å². The van der Waals surface area contributed by atoms with E-state index in [0.29, 0.717) is 12.5 Å². The number of hydrogen-bond donors (Lipinski definition) is 1. The van der Waals surface area contributed by atoms with Gasteiger partial charge in [-0.15, -0.1) is 0 Å². The summed E-state index contributed by atoms with van der Waals surface area (Å²) in [5.41, 5.74) is 10.1. The van der Waals surface area contributed by atoms with Crippen LogP contribution in [0.2, 0.25) is 0 Å². The summed E-state index contributed by atoms with van der Waals surface area (Å²) in [7, 11) is 0. The van der Waals surface area contributed by atoms with E-state index in [1.54, 1.807) is 6.33 Å². The lowest BCUT2D eigenvalue weighted by Gasteiger charge is -2.17. The minimum absolute atomic E-state index is 0.0402. The Balaban J connectivity index is 2.23. The second kappa shape index (κ2) is 5.53. The summed E-state index contributed by atoms with van der Waals surface area (Å²) in [5, 5.41) is 4.25. The fraction of sp³-hybridized carbons (Fsp3) is 0.467. The number of aromatic nitrogens is 3. The standard InChI is InChI=1S/C15H22N4/c1-10(2)19-15(17-9-18-19)8-14(16)13-7-5-6-11(3)12(13)4/h5-7,9-10,14H,8,16H2,1-4H3. The molecule has 4 nitrogen and oxygen atoms in total. The third kappa shape index (κ3) is 2.84. The monoisotopic (exact) mass is 258 g/mol. The van der Waals surface area contributed by atoms with Crippen molar-refractivity contribution in [2.75, 3.05) is 0 Å². The lowest BCUT2D eigenvalue weighted by molar-refractivity contribution is 0.493. The van der Waals surface area contributed by atoms with Gasteiger partial charge in [0, 0.05) is 18.5 Å². The van der Waals surface area contributed by atoms with Gasteiger partial charge in [0.25, 0.3) is 0 Å². The van der Waals surface area contributed by atoms with Crippen LogP contribution in [0.15, 0.2) is 24.5 Å². The molecule has 1 atom stereocenters. The summed E-state index contributed by atoms with van der Waals surface area (Å²) in [6.45, 7) is 8.43. The SMILES string of the molecule is Cc1cccc(C(N)Cc2ncnn2C(C)C)c1C. The quantitative estimate of drug-likeness (QED) is 0.917. The van der Waals surface area contributed by atoms with E-state index >= 15 is 0 Å². The molecule has 0 aliphatic rings. The Bertz CT molecular complexity index is 557. The Morgan fingerprint density at radius 2 is 2.00 bits per heavy atom.